The Morgan fingerprint density at radius 2 is 2.04 bits per heavy atom. The van der Waals surface area contributed by atoms with E-state index in [1.165, 1.54) is 19.1 Å². The number of halogens is 2. The highest BCUT2D eigenvalue weighted by molar-refractivity contribution is 7.92. The lowest BCUT2D eigenvalue weighted by atomic mass is 10.2. The van der Waals surface area contributed by atoms with Crippen molar-refractivity contribution in [3.63, 3.8) is 0 Å². The summed E-state index contributed by atoms with van der Waals surface area (Å²) in [4.78, 5) is 11.9. The van der Waals surface area contributed by atoms with E-state index in [2.05, 4.69) is 10.6 Å². The average molecular weight is 365 g/mol. The van der Waals surface area contributed by atoms with Crippen molar-refractivity contribution < 1.29 is 17.6 Å². The predicted octanol–water partition coefficient (Wildman–Crippen LogP) is 1.67. The molecule has 1 heterocycles. The molecule has 1 amide bonds. The summed E-state index contributed by atoms with van der Waals surface area (Å²) in [5.74, 6) is -0.778. The average Bonchev–Trinajstić information content (AvgIpc) is 2.99. The summed E-state index contributed by atoms with van der Waals surface area (Å²) in [6.07, 6.45) is 2.01. The van der Waals surface area contributed by atoms with E-state index in [1.807, 2.05) is 0 Å². The van der Waals surface area contributed by atoms with E-state index < -0.39 is 20.9 Å². The smallest absolute Gasteiger partial charge is 0.221 e. The molecule has 1 saturated heterocycles. The predicted molar refractivity (Wildman–Crippen MR) is 88.9 cm³/mol. The van der Waals surface area contributed by atoms with Crippen molar-refractivity contribution >= 4 is 28.2 Å². The van der Waals surface area contributed by atoms with E-state index in [0.29, 0.717) is 6.54 Å². The van der Waals surface area contributed by atoms with Gasteiger partial charge in [0, 0.05) is 19.0 Å². The monoisotopic (exact) mass is 364 g/mol. The molecule has 0 saturated carbocycles. The standard InChI is InChI=1S/C15H21FN2O3S.ClH/c1-11(9-15(19)18-10-13-3-2-8-17-13)22(20,21)14-6-4-12(16)5-7-14;/h4-7,11,13,17H,2-3,8-10H2,1H3,(H,18,19);1H. The molecule has 0 spiro atoms. The molecule has 2 N–H and O–H groups in total. The SMILES string of the molecule is CC(CC(=O)NCC1CCCN1)S(=O)(=O)c1ccc(F)cc1.Cl. The summed E-state index contributed by atoms with van der Waals surface area (Å²) in [7, 11) is -3.63. The molecular formula is C15H22ClFN2O3S. The maximum absolute atomic E-state index is 12.9. The Morgan fingerprint density at radius 1 is 1.39 bits per heavy atom. The van der Waals surface area contributed by atoms with Crippen LogP contribution in [0.2, 0.25) is 0 Å². The van der Waals surface area contributed by atoms with Crippen molar-refractivity contribution in [3.05, 3.63) is 30.1 Å². The van der Waals surface area contributed by atoms with Gasteiger partial charge in [-0.3, -0.25) is 4.79 Å². The maximum Gasteiger partial charge on any atom is 0.221 e. The number of rotatable bonds is 6. The Kier molecular flexibility index (Phi) is 7.44. The van der Waals surface area contributed by atoms with Gasteiger partial charge < -0.3 is 10.6 Å². The van der Waals surface area contributed by atoms with Crippen molar-refractivity contribution in [1.29, 1.82) is 0 Å². The van der Waals surface area contributed by atoms with Gasteiger partial charge >= 0.3 is 0 Å². The van der Waals surface area contributed by atoms with Gasteiger partial charge in [-0.25, -0.2) is 12.8 Å². The van der Waals surface area contributed by atoms with Gasteiger partial charge in [0.2, 0.25) is 5.91 Å². The van der Waals surface area contributed by atoms with Crippen molar-refractivity contribution in [2.24, 2.45) is 0 Å². The lowest BCUT2D eigenvalue weighted by molar-refractivity contribution is -0.121. The second kappa shape index (κ2) is 8.61. The number of carbonyl (C=O) groups excluding carboxylic acids is 1. The van der Waals surface area contributed by atoms with Gasteiger partial charge in [-0.1, -0.05) is 0 Å². The van der Waals surface area contributed by atoms with Gasteiger partial charge in [-0.15, -0.1) is 12.4 Å². The highest BCUT2D eigenvalue weighted by atomic mass is 35.5. The fourth-order valence-electron chi connectivity index (χ4n) is 2.47. The van der Waals surface area contributed by atoms with E-state index in [1.54, 1.807) is 0 Å². The van der Waals surface area contributed by atoms with Gasteiger partial charge in [0.15, 0.2) is 9.84 Å². The van der Waals surface area contributed by atoms with Crippen molar-refractivity contribution in [2.45, 2.75) is 42.4 Å². The van der Waals surface area contributed by atoms with Crippen LogP contribution in [0, 0.1) is 5.82 Å². The Bertz CT molecular complexity index is 616. The molecule has 23 heavy (non-hydrogen) atoms. The third kappa shape index (κ3) is 5.44. The Hall–Kier alpha value is -1.18. The van der Waals surface area contributed by atoms with Gasteiger partial charge in [0.1, 0.15) is 5.82 Å². The molecule has 1 aliphatic rings. The third-order valence-electron chi connectivity index (χ3n) is 3.85. The van der Waals surface area contributed by atoms with E-state index in [0.717, 1.165) is 31.5 Å². The first kappa shape index (κ1) is 19.9. The number of sulfone groups is 1. The Balaban J connectivity index is 0.00000264. The summed E-state index contributed by atoms with van der Waals surface area (Å²) < 4.78 is 37.5. The first-order valence-electron chi connectivity index (χ1n) is 7.39. The summed E-state index contributed by atoms with van der Waals surface area (Å²) in [6, 6.07) is 4.92. The number of hydrogen-bond acceptors (Lipinski definition) is 4. The molecule has 1 aromatic carbocycles. The van der Waals surface area contributed by atoms with Crippen LogP contribution in [-0.4, -0.2) is 38.7 Å². The fraction of sp³-hybridized carbons (Fsp3) is 0.533. The number of amides is 1. The van der Waals surface area contributed by atoms with Crippen LogP contribution in [0.4, 0.5) is 4.39 Å². The first-order chi connectivity index (χ1) is 10.4. The molecule has 0 aliphatic carbocycles. The zero-order valence-corrected chi connectivity index (χ0v) is 14.6. The minimum Gasteiger partial charge on any atom is -0.355 e. The van der Waals surface area contributed by atoms with Crippen LogP contribution in [0.25, 0.3) is 0 Å². The van der Waals surface area contributed by atoms with Crippen LogP contribution >= 0.6 is 12.4 Å². The van der Waals surface area contributed by atoms with Crippen LogP contribution in [0.1, 0.15) is 26.2 Å². The van der Waals surface area contributed by atoms with E-state index >= 15 is 0 Å². The lowest BCUT2D eigenvalue weighted by Crippen LogP contribution is -2.38. The first-order valence-corrected chi connectivity index (χ1v) is 8.94. The van der Waals surface area contributed by atoms with E-state index in [4.69, 9.17) is 0 Å². The van der Waals surface area contributed by atoms with Gasteiger partial charge in [0.25, 0.3) is 0 Å². The topological polar surface area (TPSA) is 75.3 Å². The van der Waals surface area contributed by atoms with Crippen LogP contribution in [-0.2, 0) is 14.6 Å². The zero-order valence-electron chi connectivity index (χ0n) is 12.9. The minimum absolute atomic E-state index is 0. The summed E-state index contributed by atoms with van der Waals surface area (Å²) in [5.41, 5.74) is 0. The molecule has 0 aromatic heterocycles. The summed E-state index contributed by atoms with van der Waals surface area (Å²) >= 11 is 0. The van der Waals surface area contributed by atoms with Crippen LogP contribution < -0.4 is 10.6 Å². The Labute approximate surface area is 142 Å². The molecule has 5 nitrogen and oxygen atoms in total. The number of benzene rings is 1. The van der Waals surface area contributed by atoms with Crippen LogP contribution in [0.3, 0.4) is 0 Å². The second-order valence-electron chi connectivity index (χ2n) is 5.61. The van der Waals surface area contributed by atoms with Gasteiger partial charge in [-0.2, -0.15) is 0 Å². The normalized spacial score (nSPS) is 19.0. The number of nitrogens with one attached hydrogen (secondary N) is 2. The van der Waals surface area contributed by atoms with Crippen molar-refractivity contribution in [3.8, 4) is 0 Å². The third-order valence-corrected chi connectivity index (χ3v) is 6.01. The molecule has 2 rings (SSSR count). The molecule has 1 aliphatic heterocycles. The molecule has 1 fully saturated rings. The van der Waals surface area contributed by atoms with Crippen molar-refractivity contribution in [1.82, 2.24) is 10.6 Å². The maximum atomic E-state index is 12.9. The second-order valence-corrected chi connectivity index (χ2v) is 7.98. The minimum atomic E-state index is -3.63. The van der Waals surface area contributed by atoms with Crippen molar-refractivity contribution in [2.75, 3.05) is 13.1 Å². The largest absolute Gasteiger partial charge is 0.355 e. The molecule has 130 valence electrons. The fourth-order valence-corrected chi connectivity index (χ4v) is 3.82. The molecule has 2 unspecified atom stereocenters. The quantitative estimate of drug-likeness (QED) is 0.753. The molecule has 0 radical (unpaired) electrons. The van der Waals surface area contributed by atoms with E-state index in [-0.39, 0.29) is 35.7 Å². The van der Waals surface area contributed by atoms with Gasteiger partial charge in [0.05, 0.1) is 10.1 Å². The molecule has 1 aromatic rings. The number of carbonyl (C=O) groups is 1. The van der Waals surface area contributed by atoms with Gasteiger partial charge in [-0.05, 0) is 50.6 Å². The van der Waals surface area contributed by atoms with Crippen LogP contribution in [0.15, 0.2) is 29.2 Å². The zero-order chi connectivity index (χ0) is 16.2. The highest BCUT2D eigenvalue weighted by Crippen LogP contribution is 2.18. The molecule has 0 bridgehead atoms. The van der Waals surface area contributed by atoms with E-state index in [9.17, 15) is 17.6 Å². The molecule has 2 atom stereocenters. The number of hydrogen-bond donors (Lipinski definition) is 2. The van der Waals surface area contributed by atoms with Crippen LogP contribution in [0.5, 0.6) is 0 Å². The summed E-state index contributed by atoms with van der Waals surface area (Å²) in [5, 5.41) is 5.17. The Morgan fingerprint density at radius 3 is 2.61 bits per heavy atom. The highest BCUT2D eigenvalue weighted by Gasteiger charge is 2.26. The molecular weight excluding hydrogens is 343 g/mol. The summed E-state index contributed by atoms with van der Waals surface area (Å²) in [6.45, 7) is 2.96. The lowest BCUT2D eigenvalue weighted by Gasteiger charge is -2.15. The molecule has 8 heteroatoms.